The van der Waals surface area contributed by atoms with Gasteiger partial charge >= 0.3 is 10.4 Å². The maximum atomic E-state index is 13.2. The van der Waals surface area contributed by atoms with Gasteiger partial charge in [0.05, 0.1) is 62.5 Å². The number of fused-ring (bicyclic) bond motifs is 1. The van der Waals surface area contributed by atoms with E-state index >= 15 is 0 Å². The lowest BCUT2D eigenvalue weighted by Gasteiger charge is -2.12. The minimum absolute atomic E-state index is 0.00772. The summed E-state index contributed by atoms with van der Waals surface area (Å²) < 4.78 is 132. The number of azo groups is 3. The molecule has 0 aliphatic heterocycles. The van der Waals surface area contributed by atoms with Gasteiger partial charge in [0, 0.05) is 21.7 Å². The number of hydrogen-bond donors (Lipinski definition) is 9. The Morgan fingerprint density at radius 1 is 0.614 bits per heavy atom. The SMILES string of the molecule is Nc1cc(SOOO)cc2cc(S(=O)(=O)O)c(/N=N/c3ccc(S(=O)(=O)Nc4ccc(/N=N/c5ccc(O)c(/N=N/c6ccc(S(=O)(=O)CCOS(=O)(=O)O)cc6SOOO)c5O)cc4)cc3)c(O)c12. The molecular formula is C36H30N8O20S6. The lowest BCUT2D eigenvalue weighted by molar-refractivity contribution is -0.432. The third-order valence-electron chi connectivity index (χ3n) is 8.79. The Kier molecular flexibility index (Phi) is 16.7. The number of sulfone groups is 1. The number of rotatable bonds is 21. The van der Waals surface area contributed by atoms with Gasteiger partial charge in [-0.3, -0.25) is 13.8 Å². The molecule has 10 N–H and O–H groups in total. The molecule has 370 valence electrons. The summed E-state index contributed by atoms with van der Waals surface area (Å²) in [5.41, 5.74) is 4.61. The Labute approximate surface area is 402 Å². The van der Waals surface area contributed by atoms with Crippen LogP contribution in [0.25, 0.3) is 10.8 Å². The largest absolute Gasteiger partial charge is 0.505 e. The zero-order valence-corrected chi connectivity index (χ0v) is 39.2. The number of phenols is 3. The molecule has 6 rings (SSSR count). The van der Waals surface area contributed by atoms with E-state index in [2.05, 4.69) is 58.3 Å². The van der Waals surface area contributed by atoms with Crippen LogP contribution in [0.5, 0.6) is 17.2 Å². The molecule has 0 aromatic heterocycles. The summed E-state index contributed by atoms with van der Waals surface area (Å²) in [7, 11) is -18.4. The fourth-order valence-corrected chi connectivity index (χ4v) is 9.94. The number of nitrogen functional groups attached to an aromatic ring is 1. The first-order valence-corrected chi connectivity index (χ1v) is 25.8. The maximum Gasteiger partial charge on any atom is 0.397 e. The van der Waals surface area contributed by atoms with E-state index in [0.717, 1.165) is 42.5 Å². The number of hydrogen-bond acceptors (Lipinski definition) is 27. The van der Waals surface area contributed by atoms with Gasteiger partial charge < -0.3 is 21.1 Å². The van der Waals surface area contributed by atoms with Crippen LogP contribution in [-0.2, 0) is 63.3 Å². The molecule has 0 saturated heterocycles. The van der Waals surface area contributed by atoms with Gasteiger partial charge in [-0.15, -0.1) is 29.1 Å². The second kappa shape index (κ2) is 22.1. The molecular weight excluding hydrogens is 1060 g/mol. The van der Waals surface area contributed by atoms with E-state index in [1.165, 1.54) is 54.6 Å². The van der Waals surface area contributed by atoms with Crippen LogP contribution in [0.2, 0.25) is 0 Å². The lowest BCUT2D eigenvalue weighted by Crippen LogP contribution is -2.15. The van der Waals surface area contributed by atoms with Crippen LogP contribution in [0.3, 0.4) is 0 Å². The van der Waals surface area contributed by atoms with Gasteiger partial charge in [-0.25, -0.2) is 31.5 Å². The Bertz CT molecular complexity index is 3500. The van der Waals surface area contributed by atoms with Gasteiger partial charge in [-0.05, 0) is 102 Å². The van der Waals surface area contributed by atoms with Crippen molar-refractivity contribution in [2.45, 2.75) is 24.5 Å². The molecule has 0 bridgehead atoms. The van der Waals surface area contributed by atoms with Crippen molar-refractivity contribution in [2.24, 2.45) is 30.7 Å². The monoisotopic (exact) mass is 1090 g/mol. The fourth-order valence-electron chi connectivity index (χ4n) is 5.71. The molecule has 0 amide bonds. The van der Waals surface area contributed by atoms with Gasteiger partial charge in [0.15, 0.2) is 27.0 Å². The van der Waals surface area contributed by atoms with Crippen molar-refractivity contribution >= 4 is 121 Å². The summed E-state index contributed by atoms with van der Waals surface area (Å²) in [4.78, 5) is -1.44. The summed E-state index contributed by atoms with van der Waals surface area (Å²) in [5.74, 6) is -2.95. The number of nitrogens with one attached hydrogen (secondary N) is 1. The van der Waals surface area contributed by atoms with Crippen LogP contribution < -0.4 is 10.5 Å². The van der Waals surface area contributed by atoms with E-state index in [-0.39, 0.29) is 71.6 Å². The van der Waals surface area contributed by atoms with E-state index in [4.69, 9.17) is 20.8 Å². The van der Waals surface area contributed by atoms with Crippen molar-refractivity contribution in [3.05, 3.63) is 97.1 Å². The molecule has 0 atom stereocenters. The Morgan fingerprint density at radius 3 is 1.84 bits per heavy atom. The van der Waals surface area contributed by atoms with Crippen LogP contribution >= 0.6 is 24.1 Å². The van der Waals surface area contributed by atoms with Crippen LogP contribution in [0, 0.1) is 0 Å². The predicted octanol–water partition coefficient (Wildman–Crippen LogP) is 8.28. The van der Waals surface area contributed by atoms with Gasteiger partial charge in [0.25, 0.3) is 20.1 Å². The summed E-state index contributed by atoms with van der Waals surface area (Å²) in [6, 6.07) is 19.1. The highest BCUT2D eigenvalue weighted by Gasteiger charge is 2.25. The molecule has 70 heavy (non-hydrogen) atoms. The standard InChI is InChI=1S/C36H30N8O20S6/c37-26-17-23(65-63-61-48)15-19-16-31(69(54,55)56)34(36(47)32(19)26)43-39-21-5-7-24(8-6-21)68(52,53)44-22-3-1-20(2-4-22)38-41-28-11-12-29(45)33(35(28)46)42-40-27-10-9-25(18-30(27)66-64-62-49)67(50,51)14-13-60-70(57,58)59/h1-12,15-18,44-49H,13-14,37H2,(H,54,55,56)(H,57,58,59)/b41-38+,42-40+,43-39+. The van der Waals surface area contributed by atoms with Gasteiger partial charge in [0.2, 0.25) is 0 Å². The van der Waals surface area contributed by atoms with Gasteiger partial charge in [-0.1, -0.05) is 10.1 Å². The van der Waals surface area contributed by atoms with Crippen LogP contribution in [0.15, 0.2) is 152 Å². The van der Waals surface area contributed by atoms with E-state index < -0.39 is 91.2 Å². The summed E-state index contributed by atoms with van der Waals surface area (Å²) in [6.07, 6.45) is 0. The number of nitrogens with two attached hydrogens (primary N) is 1. The zero-order valence-electron chi connectivity index (χ0n) is 34.3. The van der Waals surface area contributed by atoms with E-state index in [9.17, 15) is 53.5 Å². The first-order valence-electron chi connectivity index (χ1n) is 18.4. The average Bonchev–Trinajstić information content (AvgIpc) is 3.29. The number of nitrogens with zero attached hydrogens (tertiary/aromatic N) is 6. The number of anilines is 2. The average molecular weight is 1090 g/mol. The van der Waals surface area contributed by atoms with Crippen LogP contribution in [0.1, 0.15) is 0 Å². The van der Waals surface area contributed by atoms with Crippen molar-refractivity contribution in [1.82, 2.24) is 0 Å². The minimum Gasteiger partial charge on any atom is -0.505 e. The quantitative estimate of drug-likeness (QED) is 0.00817. The first kappa shape index (κ1) is 52.9. The number of benzene rings is 6. The molecule has 0 unspecified atom stereocenters. The van der Waals surface area contributed by atoms with Crippen molar-refractivity contribution in [2.75, 3.05) is 22.8 Å². The number of sulfonamides is 1. The van der Waals surface area contributed by atoms with Crippen molar-refractivity contribution in [3.63, 3.8) is 0 Å². The van der Waals surface area contributed by atoms with E-state index in [1.54, 1.807) is 0 Å². The molecule has 0 saturated carbocycles. The maximum absolute atomic E-state index is 13.2. The summed E-state index contributed by atoms with van der Waals surface area (Å²) >= 11 is 0.766. The van der Waals surface area contributed by atoms with Crippen molar-refractivity contribution in [1.29, 1.82) is 0 Å². The molecule has 6 aromatic carbocycles. The second-order valence-electron chi connectivity index (χ2n) is 13.4. The van der Waals surface area contributed by atoms with Gasteiger partial charge in [0.1, 0.15) is 27.7 Å². The molecule has 6 aromatic rings. The van der Waals surface area contributed by atoms with Crippen molar-refractivity contribution < 1.29 is 91.5 Å². The Balaban J connectivity index is 1.14. The third-order valence-corrected chi connectivity index (χ3v) is 14.4. The van der Waals surface area contributed by atoms with E-state index in [0.29, 0.717) is 12.0 Å². The summed E-state index contributed by atoms with van der Waals surface area (Å²) in [5, 5.41) is 79.8. The molecule has 0 spiro atoms. The van der Waals surface area contributed by atoms with Gasteiger partial charge in [-0.2, -0.15) is 27.1 Å². The fraction of sp³-hybridized carbons (Fsp3) is 0.0556. The van der Waals surface area contributed by atoms with Crippen molar-refractivity contribution in [3.8, 4) is 17.2 Å². The minimum atomic E-state index is -5.02. The second-order valence-corrected chi connectivity index (χ2v) is 21.1. The highest BCUT2D eigenvalue weighted by molar-refractivity contribution is 7.95. The smallest absolute Gasteiger partial charge is 0.397 e. The third kappa shape index (κ3) is 13.4. The van der Waals surface area contributed by atoms with E-state index in [1.807, 2.05) is 0 Å². The molecule has 0 heterocycles. The first-order chi connectivity index (χ1) is 33.0. The molecule has 0 fully saturated rings. The number of phenolic OH excluding ortho intramolecular Hbond substituents is 3. The van der Waals surface area contributed by atoms with Crippen LogP contribution in [-0.4, -0.2) is 81.0 Å². The highest BCUT2D eigenvalue weighted by atomic mass is 32.3. The molecule has 0 radical (unpaired) electrons. The molecule has 0 aliphatic rings. The predicted molar refractivity (Wildman–Crippen MR) is 243 cm³/mol. The molecule has 0 aliphatic carbocycles. The number of aromatic hydroxyl groups is 3. The Morgan fingerprint density at radius 2 is 1.20 bits per heavy atom. The molecule has 34 heteroatoms. The topological polar surface area (TPSA) is 437 Å². The normalized spacial score (nSPS) is 12.7. The molecule has 28 nitrogen and oxygen atoms in total. The lowest BCUT2D eigenvalue weighted by atomic mass is 10.1. The zero-order chi connectivity index (χ0) is 51.0. The highest BCUT2D eigenvalue weighted by Crippen LogP contribution is 2.46. The summed E-state index contributed by atoms with van der Waals surface area (Å²) in [6.45, 7) is -0.918. The Hall–Kier alpha value is -6.48. The van der Waals surface area contributed by atoms with Crippen LogP contribution in [0.4, 0.5) is 45.5 Å².